The molecule has 6 nitrogen and oxygen atoms in total. The van der Waals surface area contributed by atoms with E-state index >= 15 is 0 Å². The summed E-state index contributed by atoms with van der Waals surface area (Å²) in [6.45, 7) is 3.84. The topological polar surface area (TPSA) is 67.9 Å². The maximum atomic E-state index is 13.7. The van der Waals surface area contributed by atoms with Crippen LogP contribution in [0.4, 0.5) is 11.4 Å². The van der Waals surface area contributed by atoms with Crippen LogP contribution in [-0.2, 0) is 9.59 Å². The summed E-state index contributed by atoms with van der Waals surface area (Å²) < 4.78 is 10.8. The first-order valence-corrected chi connectivity index (χ1v) is 11.6. The zero-order valence-corrected chi connectivity index (χ0v) is 20.7. The average Bonchev–Trinajstić information content (AvgIpc) is 3.06. The Kier molecular flexibility index (Phi) is 6.86. The van der Waals surface area contributed by atoms with Crippen molar-refractivity contribution < 1.29 is 19.1 Å². The molecule has 0 bridgehead atoms. The van der Waals surface area contributed by atoms with Gasteiger partial charge in [0, 0.05) is 16.0 Å². The number of halogens is 1. The van der Waals surface area contributed by atoms with E-state index in [1.807, 2.05) is 38.1 Å². The summed E-state index contributed by atoms with van der Waals surface area (Å²) in [4.78, 5) is 29.6. The van der Waals surface area contributed by atoms with Gasteiger partial charge in [-0.05, 0) is 67.4 Å². The molecule has 3 aromatic rings. The molecule has 1 aliphatic heterocycles. The van der Waals surface area contributed by atoms with Crippen LogP contribution >= 0.6 is 23.4 Å². The highest BCUT2D eigenvalue weighted by molar-refractivity contribution is 8.04. The van der Waals surface area contributed by atoms with Gasteiger partial charge in [0.2, 0.25) is 0 Å². The molecule has 34 heavy (non-hydrogen) atoms. The van der Waals surface area contributed by atoms with Crippen LogP contribution in [0.5, 0.6) is 11.5 Å². The highest BCUT2D eigenvalue weighted by Gasteiger charge is 2.41. The van der Waals surface area contributed by atoms with Gasteiger partial charge < -0.3 is 14.8 Å². The normalized spacial score (nSPS) is 13.5. The number of carbonyl (C=O) groups is 2. The number of nitrogens with zero attached hydrogens (tertiary/aromatic N) is 1. The van der Waals surface area contributed by atoms with E-state index in [2.05, 4.69) is 5.32 Å². The Labute approximate surface area is 207 Å². The number of methoxy groups -OCH3 is 2. The van der Waals surface area contributed by atoms with Gasteiger partial charge in [0.05, 0.1) is 25.6 Å². The zero-order valence-electron chi connectivity index (χ0n) is 19.1. The van der Waals surface area contributed by atoms with Gasteiger partial charge in [0.1, 0.15) is 22.1 Å². The van der Waals surface area contributed by atoms with Crippen molar-refractivity contribution in [3.8, 4) is 11.5 Å². The van der Waals surface area contributed by atoms with Crippen molar-refractivity contribution in [1.82, 2.24) is 0 Å². The lowest BCUT2D eigenvalue weighted by Gasteiger charge is -2.19. The predicted molar refractivity (Wildman–Crippen MR) is 136 cm³/mol. The molecule has 0 atom stereocenters. The molecule has 2 amide bonds. The molecule has 3 aromatic carbocycles. The van der Waals surface area contributed by atoms with Gasteiger partial charge in [0.25, 0.3) is 11.8 Å². The molecule has 8 heteroatoms. The van der Waals surface area contributed by atoms with E-state index in [0.29, 0.717) is 27.9 Å². The molecular weight excluding hydrogens is 472 g/mol. The van der Waals surface area contributed by atoms with Crippen LogP contribution < -0.4 is 19.7 Å². The van der Waals surface area contributed by atoms with Crippen molar-refractivity contribution in [3.05, 3.63) is 87.4 Å². The third kappa shape index (κ3) is 4.49. The van der Waals surface area contributed by atoms with Gasteiger partial charge in [-0.1, -0.05) is 35.5 Å². The molecule has 0 aromatic heterocycles. The summed E-state index contributed by atoms with van der Waals surface area (Å²) in [5.74, 6) is 0.247. The molecule has 0 unspecified atom stereocenters. The second kappa shape index (κ2) is 9.83. The first-order valence-electron chi connectivity index (χ1n) is 10.5. The molecule has 174 valence electrons. The summed E-state index contributed by atoms with van der Waals surface area (Å²) >= 11 is 7.23. The SMILES string of the molecule is COc1ccc(OC)c(NC2=C(Sc3ccc(Cl)cc3)C(=O)N(c3cccc(C)c3C)C2=O)c1. The van der Waals surface area contributed by atoms with E-state index < -0.39 is 11.8 Å². The minimum absolute atomic E-state index is 0.164. The van der Waals surface area contributed by atoms with Crippen molar-refractivity contribution >= 4 is 46.6 Å². The number of hydrogen-bond acceptors (Lipinski definition) is 6. The highest BCUT2D eigenvalue weighted by Crippen LogP contribution is 2.40. The number of carbonyl (C=O) groups excluding carboxylic acids is 2. The van der Waals surface area contributed by atoms with E-state index in [0.717, 1.165) is 16.0 Å². The number of imide groups is 1. The maximum Gasteiger partial charge on any atom is 0.283 e. The third-order valence-corrected chi connectivity index (χ3v) is 6.90. The Morgan fingerprint density at radius 3 is 2.32 bits per heavy atom. The lowest BCUT2D eigenvalue weighted by Crippen LogP contribution is -2.33. The molecule has 0 aliphatic carbocycles. The highest BCUT2D eigenvalue weighted by atomic mass is 35.5. The molecule has 0 radical (unpaired) electrons. The Balaban J connectivity index is 1.81. The molecular formula is C26H23ClN2O4S. The predicted octanol–water partition coefficient (Wildman–Crippen LogP) is 5.96. The summed E-state index contributed by atoms with van der Waals surface area (Å²) in [5.41, 5.74) is 3.08. The van der Waals surface area contributed by atoms with Gasteiger partial charge in [-0.25, -0.2) is 4.90 Å². The van der Waals surface area contributed by atoms with Gasteiger partial charge in [-0.15, -0.1) is 0 Å². The second-order valence-electron chi connectivity index (χ2n) is 7.62. The second-order valence-corrected chi connectivity index (χ2v) is 9.14. The standard InChI is InChI=1S/C26H23ClN2O4S/c1-15-6-5-7-21(16(15)2)29-25(30)23(28-20-14-18(32-3)10-13-22(20)33-4)24(26(29)31)34-19-11-8-17(27)9-12-19/h5-14,28H,1-4H3. The minimum Gasteiger partial charge on any atom is -0.497 e. The molecule has 1 heterocycles. The number of rotatable bonds is 7. The fraction of sp³-hybridized carbons (Fsp3) is 0.154. The van der Waals surface area contributed by atoms with E-state index in [1.54, 1.807) is 43.5 Å². The number of ether oxygens (including phenoxy) is 2. The fourth-order valence-electron chi connectivity index (χ4n) is 3.58. The van der Waals surface area contributed by atoms with E-state index in [9.17, 15) is 9.59 Å². The number of hydrogen-bond donors (Lipinski definition) is 1. The number of thioether (sulfide) groups is 1. The van der Waals surface area contributed by atoms with Crippen molar-refractivity contribution in [3.63, 3.8) is 0 Å². The first-order chi connectivity index (χ1) is 16.3. The molecule has 0 saturated carbocycles. The fourth-order valence-corrected chi connectivity index (χ4v) is 4.63. The smallest absolute Gasteiger partial charge is 0.283 e. The quantitative estimate of drug-likeness (QED) is 0.408. The number of nitrogens with one attached hydrogen (secondary N) is 1. The Hall–Kier alpha value is -3.42. The van der Waals surface area contributed by atoms with Crippen LogP contribution in [0.25, 0.3) is 0 Å². The van der Waals surface area contributed by atoms with Crippen LogP contribution in [0.3, 0.4) is 0 Å². The number of benzene rings is 3. The average molecular weight is 495 g/mol. The van der Waals surface area contributed by atoms with E-state index in [-0.39, 0.29) is 10.6 Å². The van der Waals surface area contributed by atoms with Gasteiger partial charge in [0.15, 0.2) is 0 Å². The molecule has 0 spiro atoms. The van der Waals surface area contributed by atoms with Gasteiger partial charge in [-0.2, -0.15) is 0 Å². The van der Waals surface area contributed by atoms with Gasteiger partial charge >= 0.3 is 0 Å². The summed E-state index contributed by atoms with van der Waals surface area (Å²) in [6.07, 6.45) is 0. The third-order valence-electron chi connectivity index (χ3n) is 5.56. The maximum absolute atomic E-state index is 13.7. The molecule has 1 N–H and O–H groups in total. The number of aryl methyl sites for hydroxylation is 1. The van der Waals surface area contributed by atoms with Crippen LogP contribution in [0, 0.1) is 13.8 Å². The first kappa shape index (κ1) is 23.7. The van der Waals surface area contributed by atoms with Crippen molar-refractivity contribution in [1.29, 1.82) is 0 Å². The summed E-state index contributed by atoms with van der Waals surface area (Å²) in [5, 5.41) is 3.73. The zero-order chi connectivity index (χ0) is 24.4. The Morgan fingerprint density at radius 2 is 1.65 bits per heavy atom. The van der Waals surface area contributed by atoms with Crippen LogP contribution in [-0.4, -0.2) is 26.0 Å². The van der Waals surface area contributed by atoms with Crippen LogP contribution in [0.1, 0.15) is 11.1 Å². The summed E-state index contributed by atoms with van der Waals surface area (Å²) in [6, 6.07) is 17.9. The van der Waals surface area contributed by atoms with E-state index in [1.165, 1.54) is 23.8 Å². The largest absolute Gasteiger partial charge is 0.497 e. The van der Waals surface area contributed by atoms with Crippen LogP contribution in [0.2, 0.25) is 5.02 Å². The van der Waals surface area contributed by atoms with Crippen molar-refractivity contribution in [2.75, 3.05) is 24.4 Å². The molecule has 0 saturated heterocycles. The lowest BCUT2D eigenvalue weighted by molar-refractivity contribution is -0.120. The molecule has 1 aliphatic rings. The molecule has 4 rings (SSSR count). The van der Waals surface area contributed by atoms with Crippen molar-refractivity contribution in [2.45, 2.75) is 18.7 Å². The summed E-state index contributed by atoms with van der Waals surface area (Å²) in [7, 11) is 3.09. The number of amides is 2. The van der Waals surface area contributed by atoms with E-state index in [4.69, 9.17) is 21.1 Å². The van der Waals surface area contributed by atoms with Crippen LogP contribution in [0.15, 0.2) is 76.2 Å². The number of anilines is 2. The Bertz CT molecular complexity index is 1300. The molecule has 0 fully saturated rings. The Morgan fingerprint density at radius 1 is 0.912 bits per heavy atom. The monoisotopic (exact) mass is 494 g/mol. The van der Waals surface area contributed by atoms with Crippen molar-refractivity contribution in [2.24, 2.45) is 0 Å². The lowest BCUT2D eigenvalue weighted by atomic mass is 10.1. The van der Waals surface area contributed by atoms with Gasteiger partial charge in [-0.3, -0.25) is 9.59 Å². The minimum atomic E-state index is -0.444.